The van der Waals surface area contributed by atoms with Crippen LogP contribution in [0.2, 0.25) is 0 Å². The van der Waals surface area contributed by atoms with Crippen LogP contribution in [0, 0.1) is 11.8 Å². The number of hydrogen-bond acceptors (Lipinski definition) is 3. The number of amides is 2. The summed E-state index contributed by atoms with van der Waals surface area (Å²) >= 11 is 0. The van der Waals surface area contributed by atoms with Crippen molar-refractivity contribution in [3.05, 3.63) is 0 Å². The van der Waals surface area contributed by atoms with Crippen LogP contribution in [0.1, 0.15) is 45.4 Å². The average molecular weight is 267 g/mol. The lowest BCUT2D eigenvalue weighted by molar-refractivity contribution is -0.147. The van der Waals surface area contributed by atoms with Crippen molar-refractivity contribution >= 4 is 11.8 Å². The van der Waals surface area contributed by atoms with E-state index in [1.807, 2.05) is 0 Å². The third kappa shape index (κ3) is 2.91. The molecule has 0 aromatic heterocycles. The first-order chi connectivity index (χ1) is 9.02. The van der Waals surface area contributed by atoms with E-state index in [0.717, 1.165) is 32.1 Å². The smallest absolute Gasteiger partial charge is 0.240 e. The van der Waals surface area contributed by atoms with E-state index >= 15 is 0 Å². The van der Waals surface area contributed by atoms with Crippen LogP contribution in [0.3, 0.4) is 0 Å². The van der Waals surface area contributed by atoms with Crippen molar-refractivity contribution in [3.63, 3.8) is 0 Å². The Morgan fingerprint density at radius 3 is 2.47 bits per heavy atom. The minimum atomic E-state index is -0.428. The van der Waals surface area contributed by atoms with E-state index in [1.54, 1.807) is 4.90 Å². The lowest BCUT2D eigenvalue weighted by Crippen LogP contribution is -2.56. The second-order valence-electron chi connectivity index (χ2n) is 6.04. The number of carbonyl (C=O) groups is 2. The van der Waals surface area contributed by atoms with Crippen molar-refractivity contribution in [1.82, 2.24) is 4.90 Å². The number of likely N-dealkylation sites (tertiary alicyclic amines) is 1. The van der Waals surface area contributed by atoms with Gasteiger partial charge in [0.05, 0.1) is 5.92 Å². The Morgan fingerprint density at radius 1 is 1.11 bits per heavy atom. The zero-order chi connectivity index (χ0) is 14.0. The lowest BCUT2D eigenvalue weighted by Gasteiger charge is -2.41. The molecule has 1 aliphatic carbocycles. The minimum Gasteiger partial charge on any atom is -0.368 e. The highest BCUT2D eigenvalue weighted by atomic mass is 16.2. The van der Waals surface area contributed by atoms with Gasteiger partial charge in [-0.05, 0) is 38.0 Å². The predicted molar refractivity (Wildman–Crippen MR) is 73.0 cm³/mol. The number of rotatable bonds is 2. The maximum absolute atomic E-state index is 12.7. The molecule has 0 aromatic rings. The summed E-state index contributed by atoms with van der Waals surface area (Å²) in [5.74, 6) is -0.186. The van der Waals surface area contributed by atoms with E-state index in [0.29, 0.717) is 18.9 Å². The van der Waals surface area contributed by atoms with Crippen molar-refractivity contribution in [2.45, 2.75) is 57.5 Å². The fraction of sp³-hybridized carbons (Fsp3) is 0.857. The zero-order valence-corrected chi connectivity index (χ0v) is 11.7. The van der Waals surface area contributed by atoms with Crippen LogP contribution >= 0.6 is 0 Å². The maximum atomic E-state index is 12.7. The first-order valence-corrected chi connectivity index (χ1v) is 7.37. The molecule has 4 N–H and O–H groups in total. The molecule has 2 rings (SSSR count). The number of piperidine rings is 1. The molecule has 4 unspecified atom stereocenters. The summed E-state index contributed by atoms with van der Waals surface area (Å²) in [5.41, 5.74) is 11.6. The quantitative estimate of drug-likeness (QED) is 0.768. The van der Waals surface area contributed by atoms with Gasteiger partial charge < -0.3 is 16.4 Å². The fourth-order valence-electron chi connectivity index (χ4n) is 3.57. The van der Waals surface area contributed by atoms with Gasteiger partial charge in [-0.1, -0.05) is 13.3 Å². The molecule has 5 nitrogen and oxygen atoms in total. The van der Waals surface area contributed by atoms with Gasteiger partial charge in [-0.2, -0.15) is 0 Å². The van der Waals surface area contributed by atoms with E-state index in [9.17, 15) is 9.59 Å². The molecule has 0 bridgehead atoms. The lowest BCUT2D eigenvalue weighted by atomic mass is 9.76. The summed E-state index contributed by atoms with van der Waals surface area (Å²) in [7, 11) is 0. The molecule has 1 aliphatic heterocycles. The summed E-state index contributed by atoms with van der Waals surface area (Å²) in [6.45, 7) is 2.73. The highest BCUT2D eigenvalue weighted by molar-refractivity contribution is 5.88. The van der Waals surface area contributed by atoms with Crippen molar-refractivity contribution in [2.24, 2.45) is 23.3 Å². The van der Waals surface area contributed by atoms with Gasteiger partial charge in [0.2, 0.25) is 11.8 Å². The summed E-state index contributed by atoms with van der Waals surface area (Å²) in [4.78, 5) is 25.9. The van der Waals surface area contributed by atoms with Crippen LogP contribution in [0.25, 0.3) is 0 Å². The van der Waals surface area contributed by atoms with Crippen LogP contribution in [-0.4, -0.2) is 35.3 Å². The van der Waals surface area contributed by atoms with E-state index in [2.05, 4.69) is 6.92 Å². The first-order valence-electron chi connectivity index (χ1n) is 7.37. The van der Waals surface area contributed by atoms with E-state index in [-0.39, 0.29) is 23.8 Å². The van der Waals surface area contributed by atoms with Gasteiger partial charge in [-0.3, -0.25) is 9.59 Å². The molecule has 5 heteroatoms. The van der Waals surface area contributed by atoms with Crippen molar-refractivity contribution in [3.8, 4) is 0 Å². The van der Waals surface area contributed by atoms with Crippen LogP contribution in [0.15, 0.2) is 0 Å². The van der Waals surface area contributed by atoms with Crippen molar-refractivity contribution < 1.29 is 9.59 Å². The molecular formula is C14H25N3O2. The van der Waals surface area contributed by atoms with Crippen molar-refractivity contribution in [1.29, 1.82) is 0 Å². The van der Waals surface area contributed by atoms with Gasteiger partial charge in [0.25, 0.3) is 0 Å². The number of hydrogen-bond donors (Lipinski definition) is 2. The van der Waals surface area contributed by atoms with Gasteiger partial charge in [0, 0.05) is 12.6 Å². The van der Waals surface area contributed by atoms with Crippen LogP contribution in [0.5, 0.6) is 0 Å². The van der Waals surface area contributed by atoms with Crippen LogP contribution in [0.4, 0.5) is 0 Å². The number of carbonyl (C=O) groups excluding carboxylic acids is 2. The average Bonchev–Trinajstić information content (AvgIpc) is 2.38. The Bertz CT molecular complexity index is 349. The molecule has 1 heterocycles. The zero-order valence-electron chi connectivity index (χ0n) is 11.7. The van der Waals surface area contributed by atoms with E-state index < -0.39 is 6.04 Å². The third-order valence-corrected chi connectivity index (χ3v) is 4.67. The standard InChI is InChI=1S/C14H25N3O2/c1-9-5-4-6-10(15)12(9)14(19)17-8-3-2-7-11(17)13(16)18/h9-12H,2-8,15H2,1H3,(H2,16,18). The Balaban J connectivity index is 2.14. The van der Waals surface area contributed by atoms with Crippen LogP contribution in [-0.2, 0) is 9.59 Å². The molecule has 2 fully saturated rings. The molecule has 0 aromatic carbocycles. The topological polar surface area (TPSA) is 89.4 Å². The number of primary amides is 1. The number of nitrogens with zero attached hydrogens (tertiary/aromatic N) is 1. The minimum absolute atomic E-state index is 0.0446. The van der Waals surface area contributed by atoms with Gasteiger partial charge in [-0.15, -0.1) is 0 Å². The van der Waals surface area contributed by atoms with Crippen LogP contribution < -0.4 is 11.5 Å². The highest BCUT2D eigenvalue weighted by Crippen LogP contribution is 2.32. The summed E-state index contributed by atoms with van der Waals surface area (Å²) in [6.07, 6.45) is 5.63. The molecule has 0 radical (unpaired) electrons. The SMILES string of the molecule is CC1CCCC(N)C1C(=O)N1CCCCC1C(N)=O. The molecule has 4 atom stereocenters. The Kier molecular flexibility index (Phi) is 4.45. The second kappa shape index (κ2) is 5.90. The molecule has 1 saturated heterocycles. The molecule has 1 saturated carbocycles. The largest absolute Gasteiger partial charge is 0.368 e. The monoisotopic (exact) mass is 267 g/mol. The maximum Gasteiger partial charge on any atom is 0.240 e. The van der Waals surface area contributed by atoms with Gasteiger partial charge >= 0.3 is 0 Å². The highest BCUT2D eigenvalue weighted by Gasteiger charge is 2.40. The summed E-state index contributed by atoms with van der Waals surface area (Å²) in [6, 6.07) is -0.505. The third-order valence-electron chi connectivity index (χ3n) is 4.67. The summed E-state index contributed by atoms with van der Waals surface area (Å²) < 4.78 is 0. The molecular weight excluding hydrogens is 242 g/mol. The molecule has 2 amide bonds. The molecule has 0 spiro atoms. The first kappa shape index (κ1) is 14.3. The Hall–Kier alpha value is -1.10. The summed E-state index contributed by atoms with van der Waals surface area (Å²) in [5, 5.41) is 0. The second-order valence-corrected chi connectivity index (χ2v) is 6.04. The fourth-order valence-corrected chi connectivity index (χ4v) is 3.57. The Morgan fingerprint density at radius 2 is 1.84 bits per heavy atom. The molecule has 2 aliphatic rings. The van der Waals surface area contributed by atoms with Gasteiger partial charge in [0.1, 0.15) is 6.04 Å². The van der Waals surface area contributed by atoms with Gasteiger partial charge in [0.15, 0.2) is 0 Å². The van der Waals surface area contributed by atoms with E-state index in [4.69, 9.17) is 11.5 Å². The van der Waals surface area contributed by atoms with Crippen molar-refractivity contribution in [2.75, 3.05) is 6.54 Å². The van der Waals surface area contributed by atoms with E-state index in [1.165, 1.54) is 0 Å². The Labute approximate surface area is 114 Å². The molecule has 19 heavy (non-hydrogen) atoms. The predicted octanol–water partition coefficient (Wildman–Crippen LogP) is 0.616. The normalized spacial score (nSPS) is 36.0. The number of nitrogens with two attached hydrogens (primary N) is 2. The molecule has 108 valence electrons. The van der Waals surface area contributed by atoms with Gasteiger partial charge in [-0.25, -0.2) is 0 Å².